The number of rotatable bonds is 6. The Hall–Kier alpha value is -2.82. The Morgan fingerprint density at radius 2 is 1.96 bits per heavy atom. The Bertz CT molecular complexity index is 801. The maximum absolute atomic E-state index is 13.0. The maximum atomic E-state index is 13.0. The average Bonchev–Trinajstić information content (AvgIpc) is 3.17. The highest BCUT2D eigenvalue weighted by Crippen LogP contribution is 2.34. The van der Waals surface area contributed by atoms with Gasteiger partial charge in [-0.2, -0.15) is 0 Å². The van der Waals surface area contributed by atoms with Gasteiger partial charge in [0.05, 0.1) is 13.2 Å². The van der Waals surface area contributed by atoms with Crippen LogP contribution < -0.4 is 10.1 Å². The third kappa shape index (κ3) is 4.67. The summed E-state index contributed by atoms with van der Waals surface area (Å²) in [6.07, 6.45) is 2.72. The maximum Gasteiger partial charge on any atom is 0.254 e. The Balaban J connectivity index is 1.69. The van der Waals surface area contributed by atoms with E-state index in [4.69, 9.17) is 4.74 Å². The van der Waals surface area contributed by atoms with Crippen LogP contribution >= 0.6 is 0 Å². The Morgan fingerprint density at radius 3 is 2.67 bits per heavy atom. The molecule has 2 amide bonds. The van der Waals surface area contributed by atoms with Gasteiger partial charge in [-0.25, -0.2) is 0 Å². The van der Waals surface area contributed by atoms with Crippen molar-refractivity contribution in [2.24, 2.45) is 0 Å². The highest BCUT2D eigenvalue weighted by Gasteiger charge is 2.30. The predicted octanol–water partition coefficient (Wildman–Crippen LogP) is 3.35. The van der Waals surface area contributed by atoms with Crippen molar-refractivity contribution in [3.8, 4) is 5.75 Å². The van der Waals surface area contributed by atoms with Gasteiger partial charge in [-0.15, -0.1) is 0 Å². The summed E-state index contributed by atoms with van der Waals surface area (Å²) in [5.74, 6) is 0.850. The third-order valence-corrected chi connectivity index (χ3v) is 4.98. The Kier molecular flexibility index (Phi) is 6.12. The van der Waals surface area contributed by atoms with Crippen LogP contribution in [-0.4, -0.2) is 36.9 Å². The monoisotopic (exact) mass is 366 g/mol. The van der Waals surface area contributed by atoms with Gasteiger partial charge in [-0.1, -0.05) is 24.3 Å². The minimum atomic E-state index is -0.0283. The van der Waals surface area contributed by atoms with Gasteiger partial charge in [-0.3, -0.25) is 9.59 Å². The van der Waals surface area contributed by atoms with Crippen molar-refractivity contribution in [1.82, 2.24) is 10.2 Å². The summed E-state index contributed by atoms with van der Waals surface area (Å²) in [5.41, 5.74) is 2.92. The van der Waals surface area contributed by atoms with Crippen LogP contribution in [0.3, 0.4) is 0 Å². The van der Waals surface area contributed by atoms with E-state index in [2.05, 4.69) is 11.4 Å². The van der Waals surface area contributed by atoms with Gasteiger partial charge in [0.25, 0.3) is 5.91 Å². The summed E-state index contributed by atoms with van der Waals surface area (Å²) in [6.45, 7) is 2.88. The second kappa shape index (κ2) is 8.71. The second-order valence-electron chi connectivity index (χ2n) is 6.86. The molecule has 3 rings (SSSR count). The number of nitrogens with zero attached hydrogens (tertiary/aromatic N) is 1. The summed E-state index contributed by atoms with van der Waals surface area (Å²) >= 11 is 0. The van der Waals surface area contributed by atoms with E-state index in [1.165, 1.54) is 6.92 Å². The number of methoxy groups -OCH3 is 1. The molecule has 142 valence electrons. The van der Waals surface area contributed by atoms with Crippen LogP contribution in [-0.2, 0) is 11.2 Å². The molecule has 2 aromatic rings. The molecule has 0 bridgehead atoms. The van der Waals surface area contributed by atoms with Gasteiger partial charge in [-0.05, 0) is 54.7 Å². The number of amides is 2. The molecule has 27 heavy (non-hydrogen) atoms. The third-order valence-electron chi connectivity index (χ3n) is 4.98. The molecule has 0 aliphatic carbocycles. The van der Waals surface area contributed by atoms with E-state index < -0.39 is 0 Å². The molecule has 1 saturated heterocycles. The van der Waals surface area contributed by atoms with Crippen LogP contribution in [0.1, 0.15) is 47.3 Å². The van der Waals surface area contributed by atoms with Crippen molar-refractivity contribution in [3.63, 3.8) is 0 Å². The van der Waals surface area contributed by atoms with E-state index >= 15 is 0 Å². The first-order valence-electron chi connectivity index (χ1n) is 9.37. The number of hydrogen-bond acceptors (Lipinski definition) is 3. The fourth-order valence-corrected chi connectivity index (χ4v) is 3.57. The summed E-state index contributed by atoms with van der Waals surface area (Å²) in [5, 5.41) is 2.79. The zero-order chi connectivity index (χ0) is 19.2. The van der Waals surface area contributed by atoms with Crippen molar-refractivity contribution in [1.29, 1.82) is 0 Å². The first kappa shape index (κ1) is 19.0. The highest BCUT2D eigenvalue weighted by atomic mass is 16.5. The molecule has 1 aliphatic rings. The summed E-state index contributed by atoms with van der Waals surface area (Å²) < 4.78 is 5.33. The van der Waals surface area contributed by atoms with E-state index in [1.54, 1.807) is 7.11 Å². The van der Waals surface area contributed by atoms with Crippen LogP contribution in [0.5, 0.6) is 5.75 Å². The number of carbonyl (C=O) groups excluding carboxylic acids is 2. The van der Waals surface area contributed by atoms with E-state index in [0.717, 1.165) is 42.7 Å². The molecular weight excluding hydrogens is 340 g/mol. The molecule has 1 atom stereocenters. The lowest BCUT2D eigenvalue weighted by molar-refractivity contribution is -0.118. The zero-order valence-corrected chi connectivity index (χ0v) is 15.9. The van der Waals surface area contributed by atoms with E-state index in [1.807, 2.05) is 47.4 Å². The van der Waals surface area contributed by atoms with Gasteiger partial charge in [0, 0.05) is 25.6 Å². The molecular formula is C22H26N2O3. The van der Waals surface area contributed by atoms with Crippen molar-refractivity contribution < 1.29 is 14.3 Å². The van der Waals surface area contributed by atoms with E-state index in [-0.39, 0.29) is 17.9 Å². The molecule has 0 aromatic heterocycles. The quantitative estimate of drug-likeness (QED) is 0.853. The van der Waals surface area contributed by atoms with Crippen molar-refractivity contribution >= 4 is 11.8 Å². The molecule has 1 unspecified atom stereocenters. The lowest BCUT2D eigenvalue weighted by Crippen LogP contribution is -2.30. The zero-order valence-electron chi connectivity index (χ0n) is 15.9. The summed E-state index contributed by atoms with van der Waals surface area (Å²) in [4.78, 5) is 25.9. The van der Waals surface area contributed by atoms with Crippen molar-refractivity contribution in [2.75, 3.05) is 20.2 Å². The molecule has 0 spiro atoms. The summed E-state index contributed by atoms with van der Waals surface area (Å²) in [7, 11) is 1.66. The normalized spacial score (nSPS) is 16.2. The molecule has 2 aromatic carbocycles. The molecule has 1 heterocycles. The molecule has 1 fully saturated rings. The predicted molar refractivity (Wildman–Crippen MR) is 105 cm³/mol. The van der Waals surface area contributed by atoms with Gasteiger partial charge in [0.2, 0.25) is 5.91 Å². The molecule has 1 N–H and O–H groups in total. The fraction of sp³-hybridized carbons (Fsp3) is 0.364. The number of carbonyl (C=O) groups is 2. The number of likely N-dealkylation sites (tertiary alicyclic amines) is 1. The number of benzene rings is 2. The molecule has 0 saturated carbocycles. The molecule has 0 radical (unpaired) electrons. The number of ether oxygens (including phenoxy) is 1. The summed E-state index contributed by atoms with van der Waals surface area (Å²) in [6, 6.07) is 15.7. The van der Waals surface area contributed by atoms with Gasteiger partial charge >= 0.3 is 0 Å². The second-order valence-corrected chi connectivity index (χ2v) is 6.86. The minimum absolute atomic E-state index is 0.0283. The van der Waals surface area contributed by atoms with Crippen LogP contribution in [0.2, 0.25) is 0 Å². The molecule has 1 aliphatic heterocycles. The largest absolute Gasteiger partial charge is 0.497 e. The van der Waals surface area contributed by atoms with E-state index in [9.17, 15) is 9.59 Å². The van der Waals surface area contributed by atoms with Crippen molar-refractivity contribution in [2.45, 2.75) is 32.2 Å². The lowest BCUT2D eigenvalue weighted by Gasteiger charge is -2.25. The number of nitrogens with one attached hydrogen (secondary N) is 1. The molecule has 5 nitrogen and oxygen atoms in total. The van der Waals surface area contributed by atoms with Gasteiger partial charge in [0.15, 0.2) is 0 Å². The Morgan fingerprint density at radius 1 is 1.19 bits per heavy atom. The standard InChI is InChI=1S/C22H26N2O3/c1-16(25)23-13-12-17-8-10-18(11-9-17)22(26)24-14-4-7-21(24)19-5-3-6-20(15-19)27-2/h3,5-6,8-11,15,21H,4,7,12-14H2,1-2H3,(H,23,25). The first-order valence-corrected chi connectivity index (χ1v) is 9.37. The molecule has 5 heteroatoms. The first-order chi connectivity index (χ1) is 13.1. The smallest absolute Gasteiger partial charge is 0.254 e. The highest BCUT2D eigenvalue weighted by molar-refractivity contribution is 5.94. The van der Waals surface area contributed by atoms with Gasteiger partial charge in [0.1, 0.15) is 5.75 Å². The SMILES string of the molecule is COc1cccc(C2CCCN2C(=O)c2ccc(CCNC(C)=O)cc2)c1. The van der Waals surface area contributed by atoms with Crippen LogP contribution in [0.4, 0.5) is 0 Å². The topological polar surface area (TPSA) is 58.6 Å². The minimum Gasteiger partial charge on any atom is -0.497 e. The average molecular weight is 366 g/mol. The Labute approximate surface area is 160 Å². The van der Waals surface area contributed by atoms with Crippen LogP contribution in [0, 0.1) is 0 Å². The van der Waals surface area contributed by atoms with Gasteiger partial charge < -0.3 is 15.0 Å². The van der Waals surface area contributed by atoms with Crippen LogP contribution in [0.15, 0.2) is 48.5 Å². The van der Waals surface area contributed by atoms with E-state index in [0.29, 0.717) is 12.1 Å². The van der Waals surface area contributed by atoms with Crippen LogP contribution in [0.25, 0.3) is 0 Å². The number of hydrogen-bond donors (Lipinski definition) is 1. The lowest BCUT2D eigenvalue weighted by atomic mass is 10.0. The van der Waals surface area contributed by atoms with Crippen molar-refractivity contribution in [3.05, 3.63) is 65.2 Å². The fourth-order valence-electron chi connectivity index (χ4n) is 3.57.